The summed E-state index contributed by atoms with van der Waals surface area (Å²) in [5.41, 5.74) is 8.98. The number of ether oxygens (including phenoxy) is 1. The van der Waals surface area contributed by atoms with Crippen LogP contribution in [0.4, 0.5) is 5.95 Å². The first-order valence-electron chi connectivity index (χ1n) is 10.0. The van der Waals surface area contributed by atoms with Gasteiger partial charge in [-0.1, -0.05) is 29.8 Å². The van der Waals surface area contributed by atoms with Crippen LogP contribution in [-0.2, 0) is 13.5 Å². The number of benzene rings is 1. The van der Waals surface area contributed by atoms with Crippen LogP contribution in [0.15, 0.2) is 36.5 Å². The molecule has 1 aliphatic heterocycles. The minimum absolute atomic E-state index is 0.0972. The summed E-state index contributed by atoms with van der Waals surface area (Å²) in [6.07, 6.45) is 1.13. The van der Waals surface area contributed by atoms with E-state index in [-0.39, 0.29) is 11.1 Å². The Bertz CT molecular complexity index is 1030. The molecule has 164 valence electrons. The molecule has 0 spiro atoms. The van der Waals surface area contributed by atoms with Crippen LogP contribution in [0, 0.1) is 0 Å². The second-order valence-electron chi connectivity index (χ2n) is 7.64. The van der Waals surface area contributed by atoms with Crippen molar-refractivity contribution in [1.82, 2.24) is 24.6 Å². The van der Waals surface area contributed by atoms with Crippen LogP contribution in [0.3, 0.4) is 0 Å². The number of aliphatic hydroxyl groups excluding tert-OH is 2. The van der Waals surface area contributed by atoms with Crippen LogP contribution in [0.1, 0.15) is 11.1 Å². The fraction of sp³-hybridized carbons (Fsp3) is 0.381. The lowest BCUT2D eigenvalue weighted by Crippen LogP contribution is -2.27. The van der Waals surface area contributed by atoms with Crippen LogP contribution in [0.5, 0.6) is 5.75 Å². The van der Waals surface area contributed by atoms with Gasteiger partial charge >= 0.3 is 0 Å². The molecule has 0 unspecified atom stereocenters. The van der Waals surface area contributed by atoms with Gasteiger partial charge in [-0.3, -0.25) is 9.58 Å². The van der Waals surface area contributed by atoms with E-state index in [9.17, 15) is 10.2 Å². The summed E-state index contributed by atoms with van der Waals surface area (Å²) in [7, 11) is 1.85. The van der Waals surface area contributed by atoms with Gasteiger partial charge in [0.2, 0.25) is 5.95 Å². The van der Waals surface area contributed by atoms with Crippen molar-refractivity contribution < 1.29 is 14.9 Å². The summed E-state index contributed by atoms with van der Waals surface area (Å²) in [6.45, 7) is 1.99. The summed E-state index contributed by atoms with van der Waals surface area (Å²) < 4.78 is 7.76. The van der Waals surface area contributed by atoms with Crippen molar-refractivity contribution in [3.63, 3.8) is 0 Å². The second kappa shape index (κ2) is 9.19. The van der Waals surface area contributed by atoms with E-state index in [4.69, 9.17) is 22.1 Å². The highest BCUT2D eigenvalue weighted by Gasteiger charge is 2.29. The predicted octanol–water partition coefficient (Wildman–Crippen LogP) is 1.12. The predicted molar refractivity (Wildman–Crippen MR) is 117 cm³/mol. The largest absolute Gasteiger partial charge is 0.492 e. The summed E-state index contributed by atoms with van der Waals surface area (Å²) in [5, 5.41) is 24.2. The van der Waals surface area contributed by atoms with Gasteiger partial charge in [0.1, 0.15) is 23.2 Å². The molecule has 2 atom stereocenters. The van der Waals surface area contributed by atoms with Crippen LogP contribution < -0.4 is 10.5 Å². The highest BCUT2D eigenvalue weighted by molar-refractivity contribution is 6.29. The van der Waals surface area contributed by atoms with Crippen LogP contribution >= 0.6 is 11.6 Å². The highest BCUT2D eigenvalue weighted by atomic mass is 35.5. The lowest BCUT2D eigenvalue weighted by molar-refractivity contribution is 0.0572. The van der Waals surface area contributed by atoms with E-state index < -0.39 is 12.2 Å². The molecule has 9 nitrogen and oxygen atoms in total. The maximum atomic E-state index is 9.68. The number of halogens is 1. The standard InChI is InChI=1S/C21H25ClN6O3/c1-27-10-14(20(26-27)15-9-19(22)25-21(23)24-15)8-13-4-2-3-5-18(13)31-7-6-28-11-16(29)17(30)12-28/h2-5,9-10,16-17,29-30H,6-8,11-12H2,1H3,(H2,23,24,25)/t16-,17+. The van der Waals surface area contributed by atoms with Crippen molar-refractivity contribution in [1.29, 1.82) is 0 Å². The van der Waals surface area contributed by atoms with Crippen LogP contribution in [-0.4, -0.2) is 73.3 Å². The van der Waals surface area contributed by atoms with Crippen molar-refractivity contribution in [2.75, 3.05) is 32.0 Å². The molecule has 0 radical (unpaired) electrons. The summed E-state index contributed by atoms with van der Waals surface area (Å²) in [6, 6.07) is 9.47. The number of likely N-dealkylation sites (tertiary alicyclic amines) is 1. The Morgan fingerprint density at radius 1 is 1.16 bits per heavy atom. The number of β-amino-alcohol motifs (C(OH)–C–C–N with tert-alkyl or cyclic N) is 2. The second-order valence-corrected chi connectivity index (χ2v) is 8.03. The molecule has 1 aromatic carbocycles. The molecule has 0 amide bonds. The zero-order chi connectivity index (χ0) is 22.0. The Balaban J connectivity index is 1.49. The van der Waals surface area contributed by atoms with Gasteiger partial charge in [0, 0.05) is 50.9 Å². The maximum absolute atomic E-state index is 9.68. The third-order valence-electron chi connectivity index (χ3n) is 5.21. The molecule has 4 rings (SSSR count). The number of nitrogen functional groups attached to an aromatic ring is 1. The van der Waals surface area contributed by atoms with E-state index in [1.165, 1.54) is 0 Å². The van der Waals surface area contributed by atoms with Gasteiger partial charge in [0.05, 0.1) is 17.9 Å². The minimum Gasteiger partial charge on any atom is -0.492 e. The molecule has 3 aromatic rings. The van der Waals surface area contributed by atoms with E-state index in [0.717, 1.165) is 16.9 Å². The van der Waals surface area contributed by atoms with Crippen LogP contribution in [0.2, 0.25) is 5.15 Å². The summed E-state index contributed by atoms with van der Waals surface area (Å²) in [5.74, 6) is 0.873. The Hall–Kier alpha value is -2.72. The van der Waals surface area contributed by atoms with E-state index >= 15 is 0 Å². The number of nitrogens with two attached hydrogens (primary N) is 1. The topological polar surface area (TPSA) is 123 Å². The van der Waals surface area contributed by atoms with Gasteiger partial charge in [0.15, 0.2) is 0 Å². The molecular weight excluding hydrogens is 420 g/mol. The zero-order valence-electron chi connectivity index (χ0n) is 17.1. The third kappa shape index (κ3) is 5.13. The average Bonchev–Trinajstić information content (AvgIpc) is 3.23. The summed E-state index contributed by atoms with van der Waals surface area (Å²) in [4.78, 5) is 10.2. The molecule has 1 saturated heterocycles. The first-order valence-corrected chi connectivity index (χ1v) is 10.4. The van der Waals surface area contributed by atoms with Crippen molar-refractivity contribution in [3.8, 4) is 17.1 Å². The fourth-order valence-corrected chi connectivity index (χ4v) is 3.94. The number of rotatable bonds is 7. The Kier molecular flexibility index (Phi) is 6.38. The molecule has 2 aromatic heterocycles. The quantitative estimate of drug-likeness (QED) is 0.463. The average molecular weight is 445 g/mol. The number of nitrogens with zero attached hydrogens (tertiary/aromatic N) is 5. The molecule has 0 bridgehead atoms. The fourth-order valence-electron chi connectivity index (χ4n) is 3.75. The first kappa shape index (κ1) is 21.5. The number of hydrogen-bond acceptors (Lipinski definition) is 8. The van der Waals surface area contributed by atoms with Gasteiger partial charge in [0.25, 0.3) is 0 Å². The van der Waals surface area contributed by atoms with Crippen molar-refractivity contribution >= 4 is 17.5 Å². The smallest absolute Gasteiger partial charge is 0.222 e. The third-order valence-corrected chi connectivity index (χ3v) is 5.41. The molecule has 1 aliphatic rings. The van der Waals surface area contributed by atoms with Gasteiger partial charge < -0.3 is 20.7 Å². The highest BCUT2D eigenvalue weighted by Crippen LogP contribution is 2.28. The van der Waals surface area contributed by atoms with Crippen molar-refractivity contribution in [2.45, 2.75) is 18.6 Å². The molecule has 31 heavy (non-hydrogen) atoms. The summed E-state index contributed by atoms with van der Waals surface area (Å²) >= 11 is 6.05. The molecule has 4 N–H and O–H groups in total. The molecule has 10 heteroatoms. The van der Waals surface area contributed by atoms with Crippen molar-refractivity contribution in [2.24, 2.45) is 7.05 Å². The number of para-hydroxylation sites is 1. The van der Waals surface area contributed by atoms with Gasteiger partial charge in [-0.2, -0.15) is 5.10 Å². The van der Waals surface area contributed by atoms with Crippen LogP contribution in [0.25, 0.3) is 11.4 Å². The number of aromatic nitrogens is 4. The zero-order valence-corrected chi connectivity index (χ0v) is 17.9. The SMILES string of the molecule is Cn1cc(Cc2ccccc2OCCN2C[C@@H](O)[C@@H](O)C2)c(-c2cc(Cl)nc(N)n2)n1. The van der Waals surface area contributed by atoms with E-state index in [1.807, 2.05) is 42.4 Å². The van der Waals surface area contributed by atoms with E-state index in [0.29, 0.717) is 44.0 Å². The molecular formula is C21H25ClN6O3. The van der Waals surface area contributed by atoms with Gasteiger partial charge in [-0.25, -0.2) is 9.97 Å². The number of hydrogen-bond donors (Lipinski definition) is 3. The van der Waals surface area contributed by atoms with E-state index in [1.54, 1.807) is 10.7 Å². The van der Waals surface area contributed by atoms with Crippen molar-refractivity contribution in [3.05, 3.63) is 52.8 Å². The Labute approximate surface area is 185 Å². The molecule has 0 saturated carbocycles. The maximum Gasteiger partial charge on any atom is 0.222 e. The minimum atomic E-state index is -0.694. The first-order chi connectivity index (χ1) is 14.9. The molecule has 1 fully saturated rings. The van der Waals surface area contributed by atoms with Gasteiger partial charge in [-0.05, 0) is 11.6 Å². The Morgan fingerprint density at radius 3 is 2.65 bits per heavy atom. The number of anilines is 1. The Morgan fingerprint density at radius 2 is 1.90 bits per heavy atom. The van der Waals surface area contributed by atoms with E-state index in [2.05, 4.69) is 15.1 Å². The lowest BCUT2D eigenvalue weighted by Gasteiger charge is -2.16. The number of aryl methyl sites for hydroxylation is 1. The molecule has 3 heterocycles. The molecule has 0 aliphatic carbocycles. The monoisotopic (exact) mass is 444 g/mol. The number of aliphatic hydroxyl groups is 2. The lowest BCUT2D eigenvalue weighted by atomic mass is 10.0. The normalized spacial score (nSPS) is 19.1. The van der Waals surface area contributed by atoms with Gasteiger partial charge in [-0.15, -0.1) is 0 Å².